The topological polar surface area (TPSA) is 29.1 Å². The van der Waals surface area contributed by atoms with Gasteiger partial charge < -0.3 is 5.32 Å². The van der Waals surface area contributed by atoms with Gasteiger partial charge in [-0.2, -0.15) is 0 Å². The molecule has 0 saturated heterocycles. The number of amides is 1. The molecule has 88 valence electrons. The Labute approximate surface area is 115 Å². The van der Waals surface area contributed by atoms with Crippen molar-refractivity contribution in [2.45, 2.75) is 25.1 Å². The average molecular weight is 352 g/mol. The van der Waals surface area contributed by atoms with E-state index in [4.69, 9.17) is 11.6 Å². The molecule has 0 bridgehead atoms. The van der Waals surface area contributed by atoms with Crippen molar-refractivity contribution in [3.05, 3.63) is 33.4 Å². The first-order chi connectivity index (χ1) is 7.63. The van der Waals surface area contributed by atoms with E-state index < -0.39 is 0 Å². The summed E-state index contributed by atoms with van der Waals surface area (Å²) in [5, 5.41) is 3.01. The van der Waals surface area contributed by atoms with E-state index in [9.17, 15) is 4.79 Å². The van der Waals surface area contributed by atoms with Crippen LogP contribution in [0.4, 0.5) is 0 Å². The zero-order chi connectivity index (χ0) is 12.0. The molecule has 1 N–H and O–H groups in total. The fraction of sp³-hybridized carbons (Fsp3) is 0.417. The molecule has 4 heteroatoms. The van der Waals surface area contributed by atoms with Gasteiger partial charge >= 0.3 is 0 Å². The molecule has 0 fully saturated rings. The van der Waals surface area contributed by atoms with Gasteiger partial charge in [-0.05, 0) is 59.7 Å². The number of nitrogens with one attached hydrogen (secondary N) is 1. The first-order valence-electron chi connectivity index (χ1n) is 5.31. The van der Waals surface area contributed by atoms with E-state index in [0.29, 0.717) is 12.1 Å². The molecule has 0 radical (unpaired) electrons. The SMILES string of the molecule is CCC(Cl)CCNC(=O)c1ccc(I)cc1. The summed E-state index contributed by atoms with van der Waals surface area (Å²) in [6.45, 7) is 2.67. The highest BCUT2D eigenvalue weighted by molar-refractivity contribution is 14.1. The Hall–Kier alpha value is -0.290. The third kappa shape index (κ3) is 4.70. The van der Waals surface area contributed by atoms with E-state index in [1.807, 2.05) is 31.2 Å². The predicted octanol–water partition coefficient (Wildman–Crippen LogP) is 3.43. The number of rotatable bonds is 5. The molecule has 0 aliphatic rings. The lowest BCUT2D eigenvalue weighted by Crippen LogP contribution is -2.25. The third-order valence-electron chi connectivity index (χ3n) is 2.29. The van der Waals surface area contributed by atoms with Gasteiger partial charge in [0.25, 0.3) is 5.91 Å². The van der Waals surface area contributed by atoms with Crippen LogP contribution in [0.3, 0.4) is 0 Å². The first kappa shape index (κ1) is 13.8. The normalized spacial score (nSPS) is 12.2. The van der Waals surface area contributed by atoms with Crippen molar-refractivity contribution in [3.8, 4) is 0 Å². The molecule has 1 amide bonds. The molecule has 1 aromatic carbocycles. The van der Waals surface area contributed by atoms with Crippen molar-refractivity contribution in [2.75, 3.05) is 6.54 Å². The van der Waals surface area contributed by atoms with Crippen LogP contribution < -0.4 is 5.32 Å². The largest absolute Gasteiger partial charge is 0.352 e. The van der Waals surface area contributed by atoms with Crippen molar-refractivity contribution < 1.29 is 4.79 Å². The van der Waals surface area contributed by atoms with Gasteiger partial charge in [0.15, 0.2) is 0 Å². The lowest BCUT2D eigenvalue weighted by molar-refractivity contribution is 0.0953. The zero-order valence-corrected chi connectivity index (χ0v) is 12.1. The zero-order valence-electron chi connectivity index (χ0n) is 9.17. The van der Waals surface area contributed by atoms with Crippen LogP contribution in [0.25, 0.3) is 0 Å². The maximum Gasteiger partial charge on any atom is 0.251 e. The summed E-state index contributed by atoms with van der Waals surface area (Å²) in [5.74, 6) is -0.0311. The van der Waals surface area contributed by atoms with E-state index >= 15 is 0 Å². The molecule has 1 unspecified atom stereocenters. The first-order valence-corrected chi connectivity index (χ1v) is 6.83. The van der Waals surface area contributed by atoms with Crippen molar-refractivity contribution in [1.82, 2.24) is 5.32 Å². The Morgan fingerprint density at radius 2 is 2.06 bits per heavy atom. The van der Waals surface area contributed by atoms with Gasteiger partial charge in [-0.15, -0.1) is 11.6 Å². The summed E-state index contributed by atoms with van der Waals surface area (Å²) in [7, 11) is 0. The molecular formula is C12H15ClINO. The monoisotopic (exact) mass is 351 g/mol. The van der Waals surface area contributed by atoms with Crippen LogP contribution in [0.5, 0.6) is 0 Å². The number of alkyl halides is 1. The Balaban J connectivity index is 2.38. The molecule has 0 spiro atoms. The van der Waals surface area contributed by atoms with Gasteiger partial charge in [0.05, 0.1) is 0 Å². The quantitative estimate of drug-likeness (QED) is 0.639. The van der Waals surface area contributed by atoms with Crippen LogP contribution in [0.1, 0.15) is 30.1 Å². The second-order valence-electron chi connectivity index (χ2n) is 3.56. The Morgan fingerprint density at radius 1 is 1.44 bits per heavy atom. The Morgan fingerprint density at radius 3 is 2.62 bits per heavy atom. The molecule has 2 nitrogen and oxygen atoms in total. The highest BCUT2D eigenvalue weighted by atomic mass is 127. The van der Waals surface area contributed by atoms with Gasteiger partial charge in [-0.1, -0.05) is 6.92 Å². The van der Waals surface area contributed by atoms with Crippen molar-refractivity contribution in [2.24, 2.45) is 0 Å². The number of carbonyl (C=O) groups excluding carboxylic acids is 1. The van der Waals surface area contributed by atoms with Gasteiger partial charge in [0, 0.05) is 21.1 Å². The minimum Gasteiger partial charge on any atom is -0.352 e. The van der Waals surface area contributed by atoms with Crippen molar-refractivity contribution in [1.29, 1.82) is 0 Å². The van der Waals surface area contributed by atoms with Crippen molar-refractivity contribution in [3.63, 3.8) is 0 Å². The Bertz CT molecular complexity index is 339. The molecule has 0 aliphatic heterocycles. The molecule has 16 heavy (non-hydrogen) atoms. The number of hydrogen-bond acceptors (Lipinski definition) is 1. The predicted molar refractivity (Wildman–Crippen MR) is 76.0 cm³/mol. The second kappa shape index (κ2) is 7.12. The maximum absolute atomic E-state index is 11.7. The summed E-state index contributed by atoms with van der Waals surface area (Å²) in [5.41, 5.74) is 0.697. The smallest absolute Gasteiger partial charge is 0.251 e. The summed E-state index contributed by atoms with van der Waals surface area (Å²) in [4.78, 5) is 11.7. The second-order valence-corrected chi connectivity index (χ2v) is 5.42. The fourth-order valence-corrected chi connectivity index (χ4v) is 1.72. The van der Waals surface area contributed by atoms with Gasteiger partial charge in [-0.25, -0.2) is 0 Å². The van der Waals surface area contributed by atoms with Crippen LogP contribution in [0, 0.1) is 3.57 Å². The molecule has 0 aromatic heterocycles. The van der Waals surface area contributed by atoms with Crippen LogP contribution in [-0.4, -0.2) is 17.8 Å². The lowest BCUT2D eigenvalue weighted by Gasteiger charge is -2.08. The van der Waals surface area contributed by atoms with Crippen molar-refractivity contribution >= 4 is 40.1 Å². The standard InChI is InChI=1S/C12H15ClINO/c1-2-10(13)7-8-15-12(16)9-3-5-11(14)6-4-9/h3-6,10H,2,7-8H2,1H3,(H,15,16). The van der Waals surface area contributed by atoms with Gasteiger partial charge in [0.2, 0.25) is 0 Å². The van der Waals surface area contributed by atoms with Gasteiger partial charge in [-0.3, -0.25) is 4.79 Å². The molecule has 0 aliphatic carbocycles. The lowest BCUT2D eigenvalue weighted by atomic mass is 10.2. The van der Waals surface area contributed by atoms with Crippen LogP contribution in [0.2, 0.25) is 0 Å². The van der Waals surface area contributed by atoms with Gasteiger partial charge in [0.1, 0.15) is 0 Å². The summed E-state index contributed by atoms with van der Waals surface area (Å²) >= 11 is 8.18. The van der Waals surface area contributed by atoms with E-state index in [1.54, 1.807) is 0 Å². The van der Waals surface area contributed by atoms with Crippen LogP contribution in [-0.2, 0) is 0 Å². The highest BCUT2D eigenvalue weighted by Gasteiger charge is 2.06. The molecule has 1 aromatic rings. The molecule has 1 atom stereocenters. The Kier molecular flexibility index (Phi) is 6.13. The van der Waals surface area contributed by atoms with E-state index in [2.05, 4.69) is 27.9 Å². The van der Waals surface area contributed by atoms with Crippen LogP contribution in [0.15, 0.2) is 24.3 Å². The number of carbonyl (C=O) groups is 1. The van der Waals surface area contributed by atoms with E-state index in [1.165, 1.54) is 0 Å². The molecule has 0 heterocycles. The molecule has 0 saturated carbocycles. The number of benzene rings is 1. The maximum atomic E-state index is 11.7. The molecule has 1 rings (SSSR count). The number of hydrogen-bond donors (Lipinski definition) is 1. The average Bonchev–Trinajstić information content (AvgIpc) is 2.29. The fourth-order valence-electron chi connectivity index (χ4n) is 1.25. The number of halogens is 2. The third-order valence-corrected chi connectivity index (χ3v) is 3.54. The van der Waals surface area contributed by atoms with E-state index in [-0.39, 0.29) is 11.3 Å². The molecular weight excluding hydrogens is 336 g/mol. The minimum absolute atomic E-state index is 0.0311. The summed E-state index contributed by atoms with van der Waals surface area (Å²) < 4.78 is 1.13. The minimum atomic E-state index is -0.0311. The summed E-state index contributed by atoms with van der Waals surface area (Å²) in [6.07, 6.45) is 1.75. The van der Waals surface area contributed by atoms with Crippen LogP contribution >= 0.6 is 34.2 Å². The summed E-state index contributed by atoms with van der Waals surface area (Å²) in [6, 6.07) is 7.50. The van der Waals surface area contributed by atoms with E-state index in [0.717, 1.165) is 16.4 Å². The highest BCUT2D eigenvalue weighted by Crippen LogP contribution is 2.07.